The molecule has 0 fully saturated rings. The number of benzene rings is 1. The lowest BCUT2D eigenvalue weighted by molar-refractivity contribution is -0.384. The molecule has 0 unspecified atom stereocenters. The number of aliphatic carboxylic acids is 1. The molecule has 0 aliphatic rings. The highest BCUT2D eigenvalue weighted by molar-refractivity contribution is 6.05. The molecule has 10 heteroatoms. The molecule has 0 saturated carbocycles. The third-order valence-electron chi connectivity index (χ3n) is 3.10. The number of carbonyl (C=O) groups excluding carboxylic acids is 1. The molecule has 0 bridgehead atoms. The number of methoxy groups -OCH3 is 1. The van der Waals surface area contributed by atoms with Gasteiger partial charge in [0, 0.05) is 6.20 Å². The number of hydrogen-bond acceptors (Lipinski definition) is 6. The van der Waals surface area contributed by atoms with Gasteiger partial charge in [0.25, 0.3) is 11.6 Å². The van der Waals surface area contributed by atoms with Gasteiger partial charge in [-0.1, -0.05) is 0 Å². The van der Waals surface area contributed by atoms with Crippen LogP contribution in [0, 0.1) is 10.1 Å². The monoisotopic (exact) mass is 334 g/mol. The van der Waals surface area contributed by atoms with Gasteiger partial charge in [-0.25, -0.2) is 0 Å². The van der Waals surface area contributed by atoms with Crippen molar-refractivity contribution in [2.45, 2.75) is 13.0 Å². The molecule has 0 spiro atoms. The van der Waals surface area contributed by atoms with E-state index in [0.717, 1.165) is 0 Å². The van der Waals surface area contributed by atoms with Gasteiger partial charge in [-0.2, -0.15) is 5.10 Å². The highest BCUT2D eigenvalue weighted by atomic mass is 16.6. The van der Waals surface area contributed by atoms with Crippen LogP contribution in [-0.2, 0) is 11.3 Å². The molecule has 10 nitrogen and oxygen atoms in total. The van der Waals surface area contributed by atoms with Crippen molar-refractivity contribution < 1.29 is 24.4 Å². The van der Waals surface area contributed by atoms with E-state index < -0.39 is 16.8 Å². The number of ether oxygens (including phenoxy) is 1. The summed E-state index contributed by atoms with van der Waals surface area (Å²) in [6.45, 7) is 0.116. The quantitative estimate of drug-likeness (QED) is 0.578. The van der Waals surface area contributed by atoms with Crippen molar-refractivity contribution >= 4 is 23.3 Å². The molecule has 1 aromatic heterocycles. The predicted octanol–water partition coefficient (Wildman–Crippen LogP) is 1.53. The first kappa shape index (κ1) is 16.9. The Bertz CT molecular complexity index is 785. The molecular formula is C14H14N4O6. The molecule has 0 radical (unpaired) electrons. The van der Waals surface area contributed by atoms with Gasteiger partial charge in [0.05, 0.1) is 42.8 Å². The number of carboxylic acid groups (broad SMARTS) is 1. The fourth-order valence-corrected chi connectivity index (χ4v) is 1.90. The third-order valence-corrected chi connectivity index (χ3v) is 3.10. The summed E-state index contributed by atoms with van der Waals surface area (Å²) in [7, 11) is 1.38. The average molecular weight is 334 g/mol. The molecule has 0 atom stereocenters. The maximum atomic E-state index is 12.2. The van der Waals surface area contributed by atoms with E-state index in [1.165, 1.54) is 42.4 Å². The molecule has 2 N–H and O–H groups in total. The lowest BCUT2D eigenvalue weighted by Crippen LogP contribution is -2.12. The van der Waals surface area contributed by atoms with Gasteiger partial charge in [-0.15, -0.1) is 0 Å². The Morgan fingerprint density at radius 2 is 2.21 bits per heavy atom. The summed E-state index contributed by atoms with van der Waals surface area (Å²) in [4.78, 5) is 33.1. The lowest BCUT2D eigenvalue weighted by Gasteiger charge is -2.06. The van der Waals surface area contributed by atoms with Gasteiger partial charge < -0.3 is 15.2 Å². The van der Waals surface area contributed by atoms with E-state index in [-0.39, 0.29) is 29.9 Å². The van der Waals surface area contributed by atoms with E-state index in [1.54, 1.807) is 0 Å². The number of carboxylic acids is 1. The van der Waals surface area contributed by atoms with Gasteiger partial charge in [0.1, 0.15) is 11.4 Å². The SMILES string of the molecule is COc1ccc(NC(=O)c2cnn(CCC(=O)O)c2)c([N+](=O)[O-])c1. The number of nitro groups is 1. The fourth-order valence-electron chi connectivity index (χ4n) is 1.90. The Labute approximate surface area is 135 Å². The highest BCUT2D eigenvalue weighted by Gasteiger charge is 2.18. The fraction of sp³-hybridized carbons (Fsp3) is 0.214. The number of nitrogens with zero attached hydrogens (tertiary/aromatic N) is 3. The minimum Gasteiger partial charge on any atom is -0.496 e. The van der Waals surface area contributed by atoms with Crippen molar-refractivity contribution in [2.75, 3.05) is 12.4 Å². The van der Waals surface area contributed by atoms with Crippen LogP contribution >= 0.6 is 0 Å². The molecule has 1 amide bonds. The van der Waals surface area contributed by atoms with Crippen LogP contribution in [0.3, 0.4) is 0 Å². The zero-order valence-corrected chi connectivity index (χ0v) is 12.6. The smallest absolute Gasteiger partial charge is 0.305 e. The number of hydrogen-bond donors (Lipinski definition) is 2. The summed E-state index contributed by atoms with van der Waals surface area (Å²) in [6, 6.07) is 4.05. The van der Waals surface area contributed by atoms with E-state index in [2.05, 4.69) is 10.4 Å². The predicted molar refractivity (Wildman–Crippen MR) is 82.1 cm³/mol. The first-order valence-corrected chi connectivity index (χ1v) is 6.78. The van der Waals surface area contributed by atoms with E-state index in [4.69, 9.17) is 9.84 Å². The van der Waals surface area contributed by atoms with Gasteiger partial charge in [0.2, 0.25) is 0 Å². The second-order valence-electron chi connectivity index (χ2n) is 4.73. The summed E-state index contributed by atoms with van der Waals surface area (Å²) in [6.07, 6.45) is 2.49. The summed E-state index contributed by atoms with van der Waals surface area (Å²) in [5, 5.41) is 26.0. The Kier molecular flexibility index (Phi) is 5.09. The van der Waals surface area contributed by atoms with Crippen molar-refractivity contribution in [2.24, 2.45) is 0 Å². The third kappa shape index (κ3) is 4.06. The standard InChI is InChI=1S/C14H14N4O6/c1-24-10-2-3-11(12(6-10)18(22)23)16-14(21)9-7-15-17(8-9)5-4-13(19)20/h2-3,6-8H,4-5H2,1H3,(H,16,21)(H,19,20). The molecule has 1 aromatic carbocycles. The number of rotatable bonds is 7. The van der Waals surface area contributed by atoms with Crippen molar-refractivity contribution in [3.8, 4) is 5.75 Å². The van der Waals surface area contributed by atoms with Gasteiger partial charge in [0.15, 0.2) is 0 Å². The van der Waals surface area contributed by atoms with Crippen molar-refractivity contribution in [3.63, 3.8) is 0 Å². The number of amides is 1. The zero-order valence-electron chi connectivity index (χ0n) is 12.6. The summed E-state index contributed by atoms with van der Waals surface area (Å²) in [5.41, 5.74) is -0.129. The van der Waals surface area contributed by atoms with E-state index in [0.29, 0.717) is 5.75 Å². The summed E-state index contributed by atoms with van der Waals surface area (Å²) in [5.74, 6) is -1.28. The van der Waals surface area contributed by atoms with E-state index >= 15 is 0 Å². The minimum atomic E-state index is -0.981. The normalized spacial score (nSPS) is 10.2. The van der Waals surface area contributed by atoms with Gasteiger partial charge >= 0.3 is 5.97 Å². The number of anilines is 1. The van der Waals surface area contributed by atoms with Crippen LogP contribution in [0.2, 0.25) is 0 Å². The largest absolute Gasteiger partial charge is 0.496 e. The van der Waals surface area contributed by atoms with Gasteiger partial charge in [-0.3, -0.25) is 24.4 Å². The van der Waals surface area contributed by atoms with Gasteiger partial charge in [-0.05, 0) is 12.1 Å². The van der Waals surface area contributed by atoms with Crippen LogP contribution in [-0.4, -0.2) is 38.8 Å². The van der Waals surface area contributed by atoms with Crippen molar-refractivity contribution in [1.29, 1.82) is 0 Å². The Hall–Kier alpha value is -3.43. The zero-order chi connectivity index (χ0) is 17.7. The second-order valence-corrected chi connectivity index (χ2v) is 4.73. The van der Waals surface area contributed by atoms with Crippen LogP contribution < -0.4 is 10.1 Å². The van der Waals surface area contributed by atoms with Crippen molar-refractivity contribution in [1.82, 2.24) is 9.78 Å². The Balaban J connectivity index is 2.15. The van der Waals surface area contributed by atoms with Crippen molar-refractivity contribution in [3.05, 3.63) is 46.3 Å². The molecule has 2 rings (SSSR count). The maximum Gasteiger partial charge on any atom is 0.305 e. The molecule has 1 heterocycles. The Morgan fingerprint density at radius 3 is 2.83 bits per heavy atom. The molecule has 126 valence electrons. The van der Waals surface area contributed by atoms with E-state index in [9.17, 15) is 19.7 Å². The average Bonchev–Trinajstić information content (AvgIpc) is 3.02. The molecule has 0 saturated heterocycles. The first-order chi connectivity index (χ1) is 11.4. The number of carbonyl (C=O) groups is 2. The van der Waals surface area contributed by atoms with Crippen LogP contribution in [0.5, 0.6) is 5.75 Å². The van der Waals surface area contributed by atoms with Crippen LogP contribution in [0.4, 0.5) is 11.4 Å². The molecule has 24 heavy (non-hydrogen) atoms. The molecule has 0 aliphatic heterocycles. The van der Waals surface area contributed by atoms with Crippen LogP contribution in [0.15, 0.2) is 30.6 Å². The van der Waals surface area contributed by atoms with Crippen LogP contribution in [0.1, 0.15) is 16.8 Å². The topological polar surface area (TPSA) is 137 Å². The van der Waals surface area contributed by atoms with Crippen LogP contribution in [0.25, 0.3) is 0 Å². The second kappa shape index (κ2) is 7.22. The lowest BCUT2D eigenvalue weighted by atomic mass is 10.2. The number of aromatic nitrogens is 2. The number of nitrogens with one attached hydrogen (secondary N) is 1. The first-order valence-electron chi connectivity index (χ1n) is 6.78. The number of nitro benzene ring substituents is 1. The highest BCUT2D eigenvalue weighted by Crippen LogP contribution is 2.29. The molecule has 2 aromatic rings. The Morgan fingerprint density at radius 1 is 1.46 bits per heavy atom. The maximum absolute atomic E-state index is 12.2. The molecular weight excluding hydrogens is 320 g/mol. The minimum absolute atomic E-state index is 0.0177. The van der Waals surface area contributed by atoms with E-state index in [1.807, 2.05) is 0 Å². The number of aryl methyl sites for hydroxylation is 1. The molecule has 0 aliphatic carbocycles. The summed E-state index contributed by atoms with van der Waals surface area (Å²) >= 11 is 0. The summed E-state index contributed by atoms with van der Waals surface area (Å²) < 4.78 is 6.23.